The highest BCUT2D eigenvalue weighted by molar-refractivity contribution is 5.64. The summed E-state index contributed by atoms with van der Waals surface area (Å²) in [6.07, 6.45) is 2.14. The van der Waals surface area contributed by atoms with Crippen molar-refractivity contribution in [2.24, 2.45) is 0 Å². The summed E-state index contributed by atoms with van der Waals surface area (Å²) in [7, 11) is 0. The minimum Gasteiger partial charge on any atom is -0.487 e. The fourth-order valence-electron chi connectivity index (χ4n) is 2.33. The normalized spacial score (nSPS) is 17.4. The molecule has 0 bridgehead atoms. The van der Waals surface area contributed by atoms with Crippen LogP contribution < -0.4 is 10.1 Å². The zero-order valence-electron chi connectivity index (χ0n) is 10.8. The largest absolute Gasteiger partial charge is 0.487 e. The van der Waals surface area contributed by atoms with Gasteiger partial charge >= 0.3 is 6.09 Å². The lowest BCUT2D eigenvalue weighted by Gasteiger charge is -2.26. The molecule has 0 aromatic heterocycles. The number of hydrogen-bond acceptors (Lipinski definition) is 3. The van der Waals surface area contributed by atoms with E-state index in [0.29, 0.717) is 6.54 Å². The van der Waals surface area contributed by atoms with Crippen molar-refractivity contribution in [2.75, 3.05) is 13.2 Å². The highest BCUT2D eigenvalue weighted by Gasteiger charge is 2.21. The first kappa shape index (κ1) is 13.7. The van der Waals surface area contributed by atoms with Gasteiger partial charge in [-0.2, -0.15) is 0 Å². The number of aliphatic hydroxyl groups is 1. The molecule has 5 heteroatoms. The molecule has 1 unspecified atom stereocenters. The van der Waals surface area contributed by atoms with Crippen molar-refractivity contribution in [3.63, 3.8) is 0 Å². The van der Waals surface area contributed by atoms with Crippen molar-refractivity contribution >= 4 is 6.09 Å². The molecule has 0 spiro atoms. The molecule has 0 saturated carbocycles. The Bertz CT molecular complexity index is 447. The molecule has 104 valence electrons. The first-order valence-electron chi connectivity index (χ1n) is 6.55. The van der Waals surface area contributed by atoms with Crippen LogP contribution in [0.4, 0.5) is 4.79 Å². The average Bonchev–Trinajstić information content (AvgIpc) is 2.43. The number of carboxylic acid groups (broad SMARTS) is 1. The number of fused-ring (bicyclic) bond motifs is 1. The van der Waals surface area contributed by atoms with Gasteiger partial charge in [-0.1, -0.05) is 18.2 Å². The third kappa shape index (κ3) is 3.61. The maximum atomic E-state index is 10.4. The summed E-state index contributed by atoms with van der Waals surface area (Å²) < 4.78 is 5.80. The molecular formula is C14H19NO4. The van der Waals surface area contributed by atoms with Crippen molar-refractivity contribution in [1.29, 1.82) is 0 Å². The second-order valence-electron chi connectivity index (χ2n) is 4.70. The molecule has 1 heterocycles. The van der Waals surface area contributed by atoms with Gasteiger partial charge in [0.1, 0.15) is 11.9 Å². The topological polar surface area (TPSA) is 78.8 Å². The number of aryl methyl sites for hydroxylation is 2. The molecular weight excluding hydrogens is 246 g/mol. The molecule has 1 aromatic carbocycles. The molecule has 1 amide bonds. The third-order valence-corrected chi connectivity index (χ3v) is 3.30. The van der Waals surface area contributed by atoms with E-state index in [1.165, 1.54) is 5.56 Å². The summed E-state index contributed by atoms with van der Waals surface area (Å²) in [6, 6.07) is 6.04. The van der Waals surface area contributed by atoms with Crippen LogP contribution in [0.25, 0.3) is 0 Å². The fourth-order valence-corrected chi connectivity index (χ4v) is 2.33. The highest BCUT2D eigenvalue weighted by Crippen LogP contribution is 2.31. The van der Waals surface area contributed by atoms with E-state index in [9.17, 15) is 9.90 Å². The number of amides is 1. The Hall–Kier alpha value is -1.75. The molecule has 0 saturated heterocycles. The van der Waals surface area contributed by atoms with Crippen molar-refractivity contribution in [1.82, 2.24) is 5.32 Å². The number of ether oxygens (including phenoxy) is 1. The molecule has 3 N–H and O–H groups in total. The average molecular weight is 265 g/mol. The summed E-state index contributed by atoms with van der Waals surface area (Å²) >= 11 is 0. The van der Waals surface area contributed by atoms with Gasteiger partial charge < -0.3 is 20.3 Å². The Morgan fingerprint density at radius 3 is 3.05 bits per heavy atom. The van der Waals surface area contributed by atoms with Gasteiger partial charge in [0.25, 0.3) is 0 Å². The van der Waals surface area contributed by atoms with Crippen LogP contribution in [0.3, 0.4) is 0 Å². The maximum absolute atomic E-state index is 10.4. The van der Waals surface area contributed by atoms with E-state index in [4.69, 9.17) is 9.84 Å². The summed E-state index contributed by atoms with van der Waals surface area (Å²) in [5.41, 5.74) is 2.26. The first-order valence-corrected chi connectivity index (χ1v) is 6.55. The van der Waals surface area contributed by atoms with E-state index in [2.05, 4.69) is 5.32 Å². The lowest BCUT2D eigenvalue weighted by atomic mass is 9.97. The van der Waals surface area contributed by atoms with Crippen LogP contribution in [-0.4, -0.2) is 35.6 Å². The van der Waals surface area contributed by atoms with Gasteiger partial charge in [0.2, 0.25) is 0 Å². The second-order valence-corrected chi connectivity index (χ2v) is 4.70. The zero-order valence-corrected chi connectivity index (χ0v) is 10.8. The second kappa shape index (κ2) is 6.43. The van der Waals surface area contributed by atoms with Gasteiger partial charge in [-0.25, -0.2) is 4.79 Å². The van der Waals surface area contributed by atoms with Gasteiger partial charge in [-0.05, 0) is 36.8 Å². The van der Waals surface area contributed by atoms with Gasteiger partial charge in [0.15, 0.2) is 0 Å². The van der Waals surface area contributed by atoms with E-state index in [1.54, 1.807) is 0 Å². The lowest BCUT2D eigenvalue weighted by molar-refractivity contribution is 0.0967. The Balaban J connectivity index is 1.99. The molecule has 2 rings (SSSR count). The van der Waals surface area contributed by atoms with Crippen LogP contribution in [0.2, 0.25) is 0 Å². The highest BCUT2D eigenvalue weighted by atomic mass is 16.5. The van der Waals surface area contributed by atoms with Crippen molar-refractivity contribution in [2.45, 2.75) is 31.8 Å². The van der Waals surface area contributed by atoms with Crippen LogP contribution >= 0.6 is 0 Å². The van der Waals surface area contributed by atoms with Crippen molar-refractivity contribution in [3.8, 4) is 5.75 Å². The van der Waals surface area contributed by atoms with Gasteiger partial charge in [0.05, 0.1) is 6.61 Å². The number of nitrogens with one attached hydrogen (secondary N) is 1. The lowest BCUT2D eigenvalue weighted by Crippen LogP contribution is -2.27. The predicted octanol–water partition coefficient (Wildman–Crippen LogP) is 1.57. The maximum Gasteiger partial charge on any atom is 0.404 e. The van der Waals surface area contributed by atoms with Gasteiger partial charge in [-0.3, -0.25) is 0 Å². The van der Waals surface area contributed by atoms with E-state index in [-0.39, 0.29) is 12.7 Å². The minimum absolute atomic E-state index is 0.0361. The number of benzene rings is 1. The molecule has 5 nitrogen and oxygen atoms in total. The Labute approximate surface area is 112 Å². The molecule has 1 atom stereocenters. The quantitative estimate of drug-likeness (QED) is 0.706. The van der Waals surface area contributed by atoms with Crippen LogP contribution in [-0.2, 0) is 12.8 Å². The Kier molecular flexibility index (Phi) is 4.63. The minimum atomic E-state index is -0.994. The Morgan fingerprint density at radius 1 is 1.47 bits per heavy atom. The van der Waals surface area contributed by atoms with E-state index < -0.39 is 6.09 Å². The van der Waals surface area contributed by atoms with E-state index in [0.717, 1.165) is 37.0 Å². The third-order valence-electron chi connectivity index (χ3n) is 3.30. The summed E-state index contributed by atoms with van der Waals surface area (Å²) in [6.45, 7) is 0.469. The monoisotopic (exact) mass is 265 g/mol. The summed E-state index contributed by atoms with van der Waals surface area (Å²) in [5.74, 6) is 0.878. The van der Waals surface area contributed by atoms with Crippen LogP contribution in [0.5, 0.6) is 5.75 Å². The van der Waals surface area contributed by atoms with Gasteiger partial charge in [0, 0.05) is 6.54 Å². The molecule has 0 fully saturated rings. The predicted molar refractivity (Wildman–Crippen MR) is 70.6 cm³/mol. The van der Waals surface area contributed by atoms with Crippen LogP contribution in [0.1, 0.15) is 24.0 Å². The number of para-hydroxylation sites is 1. The van der Waals surface area contributed by atoms with Gasteiger partial charge in [-0.15, -0.1) is 0 Å². The number of hydrogen-bond donors (Lipinski definition) is 3. The molecule has 1 aromatic rings. The zero-order chi connectivity index (χ0) is 13.7. The van der Waals surface area contributed by atoms with Crippen molar-refractivity contribution in [3.05, 3.63) is 29.3 Å². The van der Waals surface area contributed by atoms with E-state index >= 15 is 0 Å². The molecule has 0 aliphatic carbocycles. The van der Waals surface area contributed by atoms with Crippen molar-refractivity contribution < 1.29 is 19.7 Å². The molecule has 1 aliphatic rings. The number of aliphatic hydroxyl groups excluding tert-OH is 1. The number of rotatable bonds is 5. The molecule has 1 aliphatic heterocycles. The molecule has 19 heavy (non-hydrogen) atoms. The SMILES string of the molecule is O=C(O)NCCCc1cccc2c1OC(CO)CC2. The fraction of sp³-hybridized carbons (Fsp3) is 0.500. The standard InChI is InChI=1S/C14H19NO4/c16-9-12-7-6-11-4-1-3-10(13(11)19-12)5-2-8-15-14(17)18/h1,3-4,12,15-16H,2,5-9H2,(H,17,18). The van der Waals surface area contributed by atoms with E-state index in [1.807, 2.05) is 18.2 Å². The Morgan fingerprint density at radius 2 is 2.32 bits per heavy atom. The number of carbonyl (C=O) groups is 1. The summed E-state index contributed by atoms with van der Waals surface area (Å²) in [5, 5.41) is 20.0. The van der Waals surface area contributed by atoms with Crippen LogP contribution in [0.15, 0.2) is 18.2 Å². The smallest absolute Gasteiger partial charge is 0.404 e. The summed E-state index contributed by atoms with van der Waals surface area (Å²) in [4.78, 5) is 10.4. The first-order chi connectivity index (χ1) is 9.20. The molecule has 0 radical (unpaired) electrons. The van der Waals surface area contributed by atoms with Crippen LogP contribution in [0, 0.1) is 0 Å².